The smallest absolute Gasteiger partial charge is 0.251 e. The Morgan fingerprint density at radius 1 is 1.07 bits per heavy atom. The monoisotopic (exact) mass is 362 g/mol. The minimum atomic E-state index is -0.107. The molecule has 1 N–H and O–H groups in total. The molecule has 1 aromatic heterocycles. The van der Waals surface area contributed by atoms with E-state index in [1.165, 1.54) is 0 Å². The summed E-state index contributed by atoms with van der Waals surface area (Å²) in [6.07, 6.45) is 0. The molecule has 0 radical (unpaired) electrons. The van der Waals surface area contributed by atoms with E-state index in [0.717, 1.165) is 35.2 Å². The topological polar surface area (TPSA) is 67.4 Å². The van der Waals surface area contributed by atoms with Gasteiger partial charge in [0.25, 0.3) is 5.91 Å². The predicted molar refractivity (Wildman–Crippen MR) is 105 cm³/mol. The van der Waals surface area contributed by atoms with Crippen molar-refractivity contribution in [2.24, 2.45) is 0 Å². The van der Waals surface area contributed by atoms with Crippen molar-refractivity contribution in [3.63, 3.8) is 0 Å². The van der Waals surface area contributed by atoms with Crippen LogP contribution >= 0.6 is 0 Å². The van der Waals surface area contributed by atoms with E-state index >= 15 is 0 Å². The van der Waals surface area contributed by atoms with Crippen LogP contribution in [0.3, 0.4) is 0 Å². The summed E-state index contributed by atoms with van der Waals surface area (Å²) >= 11 is 0. The minimum absolute atomic E-state index is 0.107. The van der Waals surface area contributed by atoms with Crippen LogP contribution in [-0.4, -0.2) is 42.2 Å². The molecule has 0 spiro atoms. The summed E-state index contributed by atoms with van der Waals surface area (Å²) in [7, 11) is 0. The van der Waals surface area contributed by atoms with Crippen molar-refractivity contribution in [1.29, 1.82) is 0 Å². The number of fused-ring (bicyclic) bond motifs is 1. The van der Waals surface area contributed by atoms with Crippen LogP contribution in [0.4, 0.5) is 5.95 Å². The van der Waals surface area contributed by atoms with Crippen LogP contribution in [0.5, 0.6) is 0 Å². The summed E-state index contributed by atoms with van der Waals surface area (Å²) < 4.78 is 5.39. The molecule has 0 bridgehead atoms. The zero-order chi connectivity index (χ0) is 18.6. The Morgan fingerprint density at radius 3 is 2.67 bits per heavy atom. The third-order valence-corrected chi connectivity index (χ3v) is 4.63. The van der Waals surface area contributed by atoms with Gasteiger partial charge in [-0.15, -0.1) is 0 Å². The Labute approximate surface area is 158 Å². The van der Waals surface area contributed by atoms with Gasteiger partial charge in [0.1, 0.15) is 0 Å². The SMILES string of the molecule is Cc1cc(CNC(=O)c2ccc3ccccc3c2)nc(N2CCOCC2)n1. The molecule has 1 amide bonds. The molecule has 0 atom stereocenters. The Balaban J connectivity index is 1.47. The summed E-state index contributed by atoms with van der Waals surface area (Å²) in [6.45, 7) is 5.25. The van der Waals surface area contributed by atoms with Crippen molar-refractivity contribution in [2.45, 2.75) is 13.5 Å². The number of carbonyl (C=O) groups excluding carboxylic acids is 1. The van der Waals surface area contributed by atoms with Gasteiger partial charge in [0.2, 0.25) is 5.95 Å². The third-order valence-electron chi connectivity index (χ3n) is 4.63. The first-order valence-corrected chi connectivity index (χ1v) is 9.13. The highest BCUT2D eigenvalue weighted by Gasteiger charge is 2.15. The summed E-state index contributed by atoms with van der Waals surface area (Å²) in [5.41, 5.74) is 2.34. The van der Waals surface area contributed by atoms with Crippen LogP contribution in [0, 0.1) is 6.92 Å². The van der Waals surface area contributed by atoms with E-state index < -0.39 is 0 Å². The number of ether oxygens (including phenoxy) is 1. The van der Waals surface area contributed by atoms with Gasteiger partial charge < -0.3 is 15.0 Å². The van der Waals surface area contributed by atoms with Gasteiger partial charge >= 0.3 is 0 Å². The molecule has 27 heavy (non-hydrogen) atoms. The Kier molecular flexibility index (Phi) is 4.98. The number of nitrogens with zero attached hydrogens (tertiary/aromatic N) is 3. The molecule has 3 aromatic rings. The third kappa shape index (κ3) is 4.06. The molecule has 0 aliphatic carbocycles. The van der Waals surface area contributed by atoms with Crippen LogP contribution in [0.15, 0.2) is 48.5 Å². The zero-order valence-corrected chi connectivity index (χ0v) is 15.3. The quantitative estimate of drug-likeness (QED) is 0.773. The molecule has 1 aliphatic rings. The van der Waals surface area contributed by atoms with Crippen molar-refractivity contribution >= 4 is 22.6 Å². The number of hydrogen-bond donors (Lipinski definition) is 1. The number of amides is 1. The molecule has 1 saturated heterocycles. The molecular weight excluding hydrogens is 340 g/mol. The van der Waals surface area contributed by atoms with Crippen molar-refractivity contribution in [3.8, 4) is 0 Å². The van der Waals surface area contributed by atoms with Gasteiger partial charge in [-0.05, 0) is 35.9 Å². The fraction of sp³-hybridized carbons (Fsp3) is 0.286. The maximum atomic E-state index is 12.6. The van der Waals surface area contributed by atoms with E-state index in [1.54, 1.807) is 0 Å². The second-order valence-corrected chi connectivity index (χ2v) is 6.64. The average molecular weight is 362 g/mol. The van der Waals surface area contributed by atoms with Gasteiger partial charge in [0, 0.05) is 24.3 Å². The number of hydrogen-bond acceptors (Lipinski definition) is 5. The number of anilines is 1. The highest BCUT2D eigenvalue weighted by Crippen LogP contribution is 2.16. The molecule has 2 heterocycles. The first-order chi connectivity index (χ1) is 13.2. The van der Waals surface area contributed by atoms with E-state index in [2.05, 4.69) is 20.2 Å². The standard InChI is InChI=1S/C21H22N4O2/c1-15-12-19(24-21(23-15)25-8-10-27-11-9-25)14-22-20(26)18-7-6-16-4-2-3-5-17(16)13-18/h2-7,12-13H,8-11,14H2,1H3,(H,22,26). The molecular formula is C21H22N4O2. The van der Waals surface area contributed by atoms with Gasteiger partial charge in [-0.2, -0.15) is 0 Å². The van der Waals surface area contributed by atoms with E-state index in [0.29, 0.717) is 31.3 Å². The molecule has 2 aromatic carbocycles. The van der Waals surface area contributed by atoms with Crippen LogP contribution in [0.25, 0.3) is 10.8 Å². The van der Waals surface area contributed by atoms with Gasteiger partial charge in [-0.25, -0.2) is 9.97 Å². The molecule has 4 rings (SSSR count). The van der Waals surface area contributed by atoms with Crippen molar-refractivity contribution in [2.75, 3.05) is 31.2 Å². The lowest BCUT2D eigenvalue weighted by Crippen LogP contribution is -2.37. The van der Waals surface area contributed by atoms with Crippen LogP contribution in [0.1, 0.15) is 21.7 Å². The fourth-order valence-corrected chi connectivity index (χ4v) is 3.22. The summed E-state index contributed by atoms with van der Waals surface area (Å²) in [5.74, 6) is 0.596. The van der Waals surface area contributed by atoms with Crippen molar-refractivity contribution in [3.05, 3.63) is 65.5 Å². The first kappa shape index (κ1) is 17.4. The van der Waals surface area contributed by atoms with E-state index in [4.69, 9.17) is 4.74 Å². The largest absolute Gasteiger partial charge is 0.378 e. The fourth-order valence-electron chi connectivity index (χ4n) is 3.22. The first-order valence-electron chi connectivity index (χ1n) is 9.13. The molecule has 0 unspecified atom stereocenters. The molecule has 1 aliphatic heterocycles. The second kappa shape index (κ2) is 7.72. The maximum Gasteiger partial charge on any atom is 0.251 e. The van der Waals surface area contributed by atoms with Crippen LogP contribution in [0.2, 0.25) is 0 Å². The Bertz CT molecular complexity index is 967. The van der Waals surface area contributed by atoms with Gasteiger partial charge in [0.15, 0.2) is 0 Å². The number of carbonyl (C=O) groups is 1. The number of benzene rings is 2. The average Bonchev–Trinajstić information content (AvgIpc) is 2.72. The molecule has 6 heteroatoms. The van der Waals surface area contributed by atoms with E-state index in [1.807, 2.05) is 55.5 Å². The lowest BCUT2D eigenvalue weighted by molar-refractivity contribution is 0.0950. The normalized spacial score (nSPS) is 14.3. The lowest BCUT2D eigenvalue weighted by atomic mass is 10.1. The van der Waals surface area contributed by atoms with Gasteiger partial charge in [0.05, 0.1) is 25.5 Å². The van der Waals surface area contributed by atoms with Gasteiger partial charge in [-0.3, -0.25) is 4.79 Å². The lowest BCUT2D eigenvalue weighted by Gasteiger charge is -2.27. The summed E-state index contributed by atoms with van der Waals surface area (Å²) in [6, 6.07) is 15.6. The number of aromatic nitrogens is 2. The van der Waals surface area contributed by atoms with E-state index in [9.17, 15) is 4.79 Å². The zero-order valence-electron chi connectivity index (χ0n) is 15.3. The minimum Gasteiger partial charge on any atom is -0.378 e. The maximum absolute atomic E-state index is 12.6. The molecule has 1 fully saturated rings. The number of rotatable bonds is 4. The summed E-state index contributed by atoms with van der Waals surface area (Å²) in [5, 5.41) is 5.14. The highest BCUT2D eigenvalue weighted by atomic mass is 16.5. The highest BCUT2D eigenvalue weighted by molar-refractivity contribution is 5.98. The Hall–Kier alpha value is -2.99. The van der Waals surface area contributed by atoms with Gasteiger partial charge in [-0.1, -0.05) is 30.3 Å². The molecule has 138 valence electrons. The Morgan fingerprint density at radius 2 is 1.85 bits per heavy atom. The van der Waals surface area contributed by atoms with Crippen LogP contribution < -0.4 is 10.2 Å². The number of aryl methyl sites for hydroxylation is 1. The predicted octanol–water partition coefficient (Wildman–Crippen LogP) is 2.70. The van der Waals surface area contributed by atoms with Crippen LogP contribution in [-0.2, 0) is 11.3 Å². The second-order valence-electron chi connectivity index (χ2n) is 6.64. The molecule has 6 nitrogen and oxygen atoms in total. The molecule has 0 saturated carbocycles. The summed E-state index contributed by atoms with van der Waals surface area (Å²) in [4.78, 5) is 23.8. The van der Waals surface area contributed by atoms with Crippen molar-refractivity contribution < 1.29 is 9.53 Å². The van der Waals surface area contributed by atoms with Crippen molar-refractivity contribution in [1.82, 2.24) is 15.3 Å². The number of morpholine rings is 1. The van der Waals surface area contributed by atoms with E-state index in [-0.39, 0.29) is 5.91 Å². The number of nitrogens with one attached hydrogen (secondary N) is 1.